The molecule has 1 atom stereocenters. The lowest BCUT2D eigenvalue weighted by atomic mass is 9.60. The van der Waals surface area contributed by atoms with Gasteiger partial charge in [0.05, 0.1) is 0 Å². The van der Waals surface area contributed by atoms with E-state index in [9.17, 15) is 0 Å². The van der Waals surface area contributed by atoms with Gasteiger partial charge in [0.2, 0.25) is 0 Å². The quantitative estimate of drug-likeness (QED) is 0.780. The zero-order chi connectivity index (χ0) is 11.7. The second-order valence-electron chi connectivity index (χ2n) is 5.90. The van der Waals surface area contributed by atoms with Crippen LogP contribution in [0.1, 0.15) is 62.0 Å². The second kappa shape index (κ2) is 4.45. The van der Waals surface area contributed by atoms with Crippen molar-refractivity contribution in [1.29, 1.82) is 0 Å². The average Bonchev–Trinajstić information content (AvgIpc) is 2.41. The minimum absolute atomic E-state index is 0.514. The Labute approximate surface area is 104 Å². The van der Waals surface area contributed by atoms with E-state index in [0.717, 1.165) is 6.54 Å². The van der Waals surface area contributed by atoms with Gasteiger partial charge in [0, 0.05) is 0 Å². The third-order valence-electron chi connectivity index (χ3n) is 5.04. The van der Waals surface area contributed by atoms with Crippen molar-refractivity contribution < 1.29 is 0 Å². The lowest BCUT2D eigenvalue weighted by molar-refractivity contribution is 0.244. The molecule has 2 aliphatic carbocycles. The van der Waals surface area contributed by atoms with Crippen LogP contribution >= 0.6 is 0 Å². The summed E-state index contributed by atoms with van der Waals surface area (Å²) >= 11 is 0. The molecule has 1 saturated carbocycles. The maximum Gasteiger partial charge on any atom is -0.000813 e. The molecule has 0 heterocycles. The van der Waals surface area contributed by atoms with Crippen molar-refractivity contribution in [3.05, 3.63) is 35.4 Å². The molecule has 3 rings (SSSR count). The molecule has 1 fully saturated rings. The summed E-state index contributed by atoms with van der Waals surface area (Å²) in [6.07, 6.45) is 9.75. The molecular weight excluding hydrogens is 206 g/mol. The Morgan fingerprint density at radius 2 is 1.82 bits per heavy atom. The monoisotopic (exact) mass is 229 g/mol. The predicted molar refractivity (Wildman–Crippen MR) is 72.2 cm³/mol. The van der Waals surface area contributed by atoms with Crippen molar-refractivity contribution in [2.45, 2.75) is 56.3 Å². The van der Waals surface area contributed by atoms with Crippen LogP contribution in [-0.2, 0) is 5.41 Å². The fraction of sp³-hybridized carbons (Fsp3) is 0.625. The van der Waals surface area contributed by atoms with Gasteiger partial charge in [-0.05, 0) is 54.7 Å². The van der Waals surface area contributed by atoms with Crippen LogP contribution in [0, 0.1) is 0 Å². The first-order valence-corrected chi connectivity index (χ1v) is 7.15. The molecule has 0 amide bonds. The van der Waals surface area contributed by atoms with Crippen molar-refractivity contribution in [2.24, 2.45) is 5.73 Å². The molecule has 0 aromatic heterocycles. The van der Waals surface area contributed by atoms with Crippen LogP contribution in [0.3, 0.4) is 0 Å². The van der Waals surface area contributed by atoms with Crippen LogP contribution in [0.15, 0.2) is 24.3 Å². The first kappa shape index (κ1) is 11.3. The largest absolute Gasteiger partial charge is 0.330 e. The highest BCUT2D eigenvalue weighted by atomic mass is 14.6. The summed E-state index contributed by atoms with van der Waals surface area (Å²) in [5, 5.41) is 0. The minimum atomic E-state index is 0.514. The lowest BCUT2D eigenvalue weighted by Gasteiger charge is -2.44. The Hall–Kier alpha value is -0.820. The highest BCUT2D eigenvalue weighted by Gasteiger charge is 2.39. The molecule has 0 bridgehead atoms. The van der Waals surface area contributed by atoms with Gasteiger partial charge in [0.15, 0.2) is 0 Å². The van der Waals surface area contributed by atoms with Gasteiger partial charge in [-0.1, -0.05) is 43.5 Å². The summed E-state index contributed by atoms with van der Waals surface area (Å²) in [6, 6.07) is 9.10. The van der Waals surface area contributed by atoms with Gasteiger partial charge in [0.25, 0.3) is 0 Å². The Morgan fingerprint density at radius 3 is 2.59 bits per heavy atom. The molecule has 1 spiro atoms. The van der Waals surface area contributed by atoms with E-state index >= 15 is 0 Å². The van der Waals surface area contributed by atoms with E-state index in [4.69, 9.17) is 5.73 Å². The van der Waals surface area contributed by atoms with Gasteiger partial charge in [-0.25, -0.2) is 0 Å². The average molecular weight is 229 g/mol. The molecular formula is C16H23N. The van der Waals surface area contributed by atoms with Gasteiger partial charge < -0.3 is 5.73 Å². The SMILES string of the molecule is NCC1CCC2(CCCCC2)c2ccccc21. The first-order chi connectivity index (χ1) is 8.36. The van der Waals surface area contributed by atoms with Gasteiger partial charge >= 0.3 is 0 Å². The predicted octanol–water partition coefficient (Wildman–Crippen LogP) is 3.72. The molecule has 0 saturated heterocycles. The summed E-state index contributed by atoms with van der Waals surface area (Å²) in [5.41, 5.74) is 9.65. The van der Waals surface area contributed by atoms with Crippen LogP contribution in [0.2, 0.25) is 0 Å². The van der Waals surface area contributed by atoms with Crippen LogP contribution in [0.4, 0.5) is 0 Å². The van der Waals surface area contributed by atoms with E-state index in [-0.39, 0.29) is 0 Å². The summed E-state index contributed by atoms with van der Waals surface area (Å²) < 4.78 is 0. The molecule has 1 heteroatoms. The van der Waals surface area contributed by atoms with Gasteiger partial charge in [-0.15, -0.1) is 0 Å². The van der Waals surface area contributed by atoms with E-state index in [1.54, 1.807) is 11.1 Å². The molecule has 1 aromatic rings. The number of nitrogens with two attached hydrogens (primary N) is 1. The van der Waals surface area contributed by atoms with Crippen molar-refractivity contribution >= 4 is 0 Å². The fourth-order valence-corrected chi connectivity index (χ4v) is 4.07. The first-order valence-electron chi connectivity index (χ1n) is 7.15. The summed E-state index contributed by atoms with van der Waals surface area (Å²) in [5.74, 6) is 0.610. The minimum Gasteiger partial charge on any atom is -0.330 e. The summed E-state index contributed by atoms with van der Waals surface area (Å²) in [4.78, 5) is 0. The molecule has 2 N–H and O–H groups in total. The van der Waals surface area contributed by atoms with Crippen molar-refractivity contribution in [3.8, 4) is 0 Å². The third kappa shape index (κ3) is 1.81. The summed E-state index contributed by atoms with van der Waals surface area (Å²) in [7, 11) is 0. The van der Waals surface area contributed by atoms with Crippen LogP contribution < -0.4 is 5.73 Å². The number of benzene rings is 1. The zero-order valence-electron chi connectivity index (χ0n) is 10.6. The molecule has 1 nitrogen and oxygen atoms in total. The number of rotatable bonds is 1. The zero-order valence-corrected chi connectivity index (χ0v) is 10.6. The Balaban J connectivity index is 2.03. The number of hydrogen-bond acceptors (Lipinski definition) is 1. The fourth-order valence-electron chi connectivity index (χ4n) is 4.07. The lowest BCUT2D eigenvalue weighted by Crippen LogP contribution is -2.35. The van der Waals surface area contributed by atoms with Gasteiger partial charge in [-0.2, -0.15) is 0 Å². The van der Waals surface area contributed by atoms with E-state index in [0.29, 0.717) is 11.3 Å². The van der Waals surface area contributed by atoms with Gasteiger partial charge in [0.1, 0.15) is 0 Å². The molecule has 92 valence electrons. The number of fused-ring (bicyclic) bond motifs is 2. The van der Waals surface area contributed by atoms with Crippen LogP contribution in [0.5, 0.6) is 0 Å². The van der Waals surface area contributed by atoms with Crippen LogP contribution in [-0.4, -0.2) is 6.54 Å². The summed E-state index contributed by atoms with van der Waals surface area (Å²) in [6.45, 7) is 0.813. The topological polar surface area (TPSA) is 26.0 Å². The van der Waals surface area contributed by atoms with E-state index in [2.05, 4.69) is 24.3 Å². The van der Waals surface area contributed by atoms with Crippen LogP contribution in [0.25, 0.3) is 0 Å². The molecule has 2 aliphatic rings. The highest BCUT2D eigenvalue weighted by Crippen LogP contribution is 2.50. The molecule has 0 aliphatic heterocycles. The number of hydrogen-bond donors (Lipinski definition) is 1. The third-order valence-corrected chi connectivity index (χ3v) is 5.04. The van der Waals surface area contributed by atoms with Crippen molar-refractivity contribution in [1.82, 2.24) is 0 Å². The smallest absolute Gasteiger partial charge is 0.000813 e. The van der Waals surface area contributed by atoms with Crippen molar-refractivity contribution in [3.63, 3.8) is 0 Å². The maximum atomic E-state index is 5.94. The standard InChI is InChI=1S/C16H23N/c17-12-13-8-11-16(9-4-1-5-10-16)15-7-3-2-6-14(13)15/h2-3,6-7,13H,1,4-5,8-12,17H2. The van der Waals surface area contributed by atoms with E-state index < -0.39 is 0 Å². The molecule has 1 unspecified atom stereocenters. The van der Waals surface area contributed by atoms with E-state index in [1.165, 1.54) is 44.9 Å². The molecule has 1 aromatic carbocycles. The molecule has 0 radical (unpaired) electrons. The van der Waals surface area contributed by atoms with Gasteiger partial charge in [-0.3, -0.25) is 0 Å². The maximum absolute atomic E-state index is 5.94. The molecule has 17 heavy (non-hydrogen) atoms. The Kier molecular flexibility index (Phi) is 2.96. The van der Waals surface area contributed by atoms with Crippen molar-refractivity contribution in [2.75, 3.05) is 6.54 Å². The second-order valence-corrected chi connectivity index (χ2v) is 5.90. The Bertz CT molecular complexity index is 390. The Morgan fingerprint density at radius 1 is 1.06 bits per heavy atom. The van der Waals surface area contributed by atoms with E-state index in [1.807, 2.05) is 0 Å². The highest BCUT2D eigenvalue weighted by molar-refractivity contribution is 5.40. The normalized spacial score (nSPS) is 26.8.